The molecule has 7 N–H and O–H groups in total. The van der Waals surface area contributed by atoms with Gasteiger partial charge in [-0.25, -0.2) is 38.8 Å². The van der Waals surface area contributed by atoms with Crippen LogP contribution >= 0.6 is 0 Å². The number of aliphatic hydroxyl groups excluding tert-OH is 5. The summed E-state index contributed by atoms with van der Waals surface area (Å²) in [7, 11) is -4.67. The number of isocyanates is 4. The molecular weight excluding hydrogens is 828 g/mol. The van der Waals surface area contributed by atoms with Gasteiger partial charge in [0.15, 0.2) is 13.0 Å². The van der Waals surface area contributed by atoms with Crippen LogP contribution in [0.15, 0.2) is 43.1 Å². The summed E-state index contributed by atoms with van der Waals surface area (Å²) in [6.45, 7) is 4.11. The molecule has 0 bridgehead atoms. The fourth-order valence-corrected chi connectivity index (χ4v) is 3.83. The summed E-state index contributed by atoms with van der Waals surface area (Å²) in [6.07, 6.45) is 9.43. The SMILES string of the molecule is CCCC(O)O.O=C(OCCO)c1cc(C(=O)OCCO)cc(S(=O)(=O)O)c1.O=C=NCCCCCCN=C=O.O=C=NCN=C=O.OCCOCCOCCOCCO. The predicted octanol–water partition coefficient (Wildman–Crippen LogP) is -0.817. The number of ether oxygens (including phenoxy) is 5. The van der Waals surface area contributed by atoms with Crippen LogP contribution in [-0.4, -0.2) is 185 Å². The van der Waals surface area contributed by atoms with Gasteiger partial charge in [-0.05, 0) is 37.5 Å². The van der Waals surface area contributed by atoms with Crippen molar-refractivity contribution in [1.29, 1.82) is 0 Å². The Bertz CT molecular complexity index is 1440. The third-order valence-electron chi connectivity index (χ3n) is 5.78. The van der Waals surface area contributed by atoms with Crippen LogP contribution in [0.5, 0.6) is 0 Å². The second-order valence-corrected chi connectivity index (χ2v) is 11.9. The molecule has 0 aromatic heterocycles. The summed E-state index contributed by atoms with van der Waals surface area (Å²) in [4.78, 5) is 73.0. The molecule has 0 unspecified atom stereocenters. The predicted molar refractivity (Wildman–Crippen MR) is 206 cm³/mol. The number of hydrogen-bond acceptors (Lipinski definition) is 23. The molecule has 0 amide bonds. The molecule has 60 heavy (non-hydrogen) atoms. The first-order chi connectivity index (χ1) is 28.8. The lowest BCUT2D eigenvalue weighted by molar-refractivity contribution is -0.0454. The molecule has 0 fully saturated rings. The lowest BCUT2D eigenvalue weighted by Crippen LogP contribution is -2.14. The summed E-state index contributed by atoms with van der Waals surface area (Å²) in [5.41, 5.74) is -0.640. The van der Waals surface area contributed by atoms with Gasteiger partial charge in [0.2, 0.25) is 24.3 Å². The van der Waals surface area contributed by atoms with Crippen molar-refractivity contribution in [3.8, 4) is 0 Å². The average Bonchev–Trinajstić information content (AvgIpc) is 3.23. The van der Waals surface area contributed by atoms with Gasteiger partial charge >= 0.3 is 11.9 Å². The number of rotatable bonds is 28. The van der Waals surface area contributed by atoms with E-state index in [9.17, 15) is 37.2 Å². The van der Waals surface area contributed by atoms with Crippen molar-refractivity contribution in [1.82, 2.24) is 0 Å². The molecule has 0 aliphatic rings. The number of esters is 2. The van der Waals surface area contributed by atoms with Crippen molar-refractivity contribution in [2.45, 2.75) is 56.6 Å². The normalized spacial score (nSPS) is 9.68. The van der Waals surface area contributed by atoms with Gasteiger partial charge in [0, 0.05) is 0 Å². The Morgan fingerprint density at radius 1 is 0.600 bits per heavy atom. The zero-order valence-corrected chi connectivity index (χ0v) is 34.1. The molecule has 25 heteroatoms. The highest BCUT2D eigenvalue weighted by Gasteiger charge is 2.20. The van der Waals surface area contributed by atoms with Gasteiger partial charge in [0.05, 0.1) is 95.2 Å². The molecule has 0 heterocycles. The zero-order valence-electron chi connectivity index (χ0n) is 33.3. The van der Waals surface area contributed by atoms with Crippen molar-refractivity contribution in [3.63, 3.8) is 0 Å². The van der Waals surface area contributed by atoms with Crippen molar-refractivity contribution in [2.24, 2.45) is 20.0 Å². The smallest absolute Gasteiger partial charge is 0.338 e. The monoisotopic (exact) mass is 884 g/mol. The molecule has 0 saturated carbocycles. The van der Waals surface area contributed by atoms with E-state index in [1.165, 1.54) is 24.3 Å². The Labute approximate surface area is 347 Å². The van der Waals surface area contributed by atoms with E-state index in [-0.39, 0.29) is 44.2 Å². The number of aliphatic imine (C=N–C) groups is 4. The fourth-order valence-electron chi connectivity index (χ4n) is 3.28. The first-order valence-electron chi connectivity index (χ1n) is 18.0. The van der Waals surface area contributed by atoms with Crippen LogP contribution in [0.2, 0.25) is 0 Å². The standard InChI is InChI=1S/C12H14O9S.C8H12N2O2.C8H18O5.C4H10O2.C3H2N2O2/c13-1-3-20-11(15)8-5-9(12(16)21-4-2-14)7-10(6-8)22(17,18)19;11-7-9-5-3-1-2-4-6-10-8-12;9-1-3-11-5-7-13-8-6-12-4-2-10;1-2-3-4(5)6;6-2-4-1-5-3-7/h5-7,13-14H,1-4H2,(H,17,18,19);1-6H2;9-10H,1-8H2;4-6H,2-3H2,1H3;1H2. The maximum atomic E-state index is 11.7. The second-order valence-electron chi connectivity index (χ2n) is 10.5. The van der Waals surface area contributed by atoms with E-state index in [1.807, 2.05) is 6.92 Å². The molecular formula is C35H56N4O20S. The van der Waals surface area contributed by atoms with Crippen LogP contribution in [-0.2, 0) is 53.0 Å². The lowest BCUT2D eigenvalue weighted by Gasteiger charge is -2.08. The van der Waals surface area contributed by atoms with Gasteiger partial charge in [0.25, 0.3) is 10.1 Å². The van der Waals surface area contributed by atoms with Crippen LogP contribution in [0, 0.1) is 0 Å². The van der Waals surface area contributed by atoms with E-state index in [1.54, 1.807) is 0 Å². The van der Waals surface area contributed by atoms with Gasteiger partial charge in [-0.3, -0.25) is 4.55 Å². The van der Waals surface area contributed by atoms with Crippen LogP contribution in [0.1, 0.15) is 66.2 Å². The third-order valence-corrected chi connectivity index (χ3v) is 6.61. The van der Waals surface area contributed by atoms with Gasteiger partial charge in [-0.15, -0.1) is 0 Å². The molecule has 24 nitrogen and oxygen atoms in total. The number of unbranched alkanes of at least 4 members (excludes halogenated alkanes) is 3. The lowest BCUT2D eigenvalue weighted by atomic mass is 10.1. The van der Waals surface area contributed by atoms with Crippen LogP contribution < -0.4 is 0 Å². The van der Waals surface area contributed by atoms with Crippen molar-refractivity contribution in [3.05, 3.63) is 29.3 Å². The molecule has 0 radical (unpaired) electrons. The Kier molecular flexibility index (Phi) is 50.1. The molecule has 0 spiro atoms. The van der Waals surface area contributed by atoms with E-state index < -0.39 is 46.5 Å². The molecule has 0 saturated heterocycles. The highest BCUT2D eigenvalue weighted by atomic mass is 32.2. The molecule has 1 rings (SSSR count). The summed E-state index contributed by atoms with van der Waals surface area (Å²) >= 11 is 0. The summed E-state index contributed by atoms with van der Waals surface area (Å²) < 4.78 is 55.6. The van der Waals surface area contributed by atoms with Crippen molar-refractivity contribution >= 4 is 46.4 Å². The second kappa shape index (κ2) is 48.6. The Morgan fingerprint density at radius 3 is 1.25 bits per heavy atom. The molecule has 1 aromatic rings. The molecule has 0 aliphatic carbocycles. The zero-order chi connectivity index (χ0) is 46.1. The number of carbonyl (C=O) groups excluding carboxylic acids is 6. The molecule has 1 aromatic carbocycles. The van der Waals surface area contributed by atoms with E-state index >= 15 is 0 Å². The highest BCUT2D eigenvalue weighted by Crippen LogP contribution is 2.17. The maximum absolute atomic E-state index is 11.7. The highest BCUT2D eigenvalue weighted by molar-refractivity contribution is 7.85. The van der Waals surface area contributed by atoms with Crippen LogP contribution in [0.25, 0.3) is 0 Å². The van der Waals surface area contributed by atoms with E-state index in [0.29, 0.717) is 59.2 Å². The van der Waals surface area contributed by atoms with E-state index in [2.05, 4.69) is 29.4 Å². The van der Waals surface area contributed by atoms with E-state index in [0.717, 1.165) is 50.3 Å². The Morgan fingerprint density at radius 2 is 0.967 bits per heavy atom. The molecule has 0 aliphatic heterocycles. The van der Waals surface area contributed by atoms with Crippen molar-refractivity contribution in [2.75, 3.05) is 99.0 Å². The first kappa shape index (κ1) is 61.9. The van der Waals surface area contributed by atoms with Crippen LogP contribution in [0.3, 0.4) is 0 Å². The Hall–Kier alpha value is -4.77. The number of hydrogen-bond donors (Lipinski definition) is 7. The van der Waals surface area contributed by atoms with Crippen LogP contribution in [0.4, 0.5) is 0 Å². The number of benzene rings is 1. The number of carbonyl (C=O) groups is 2. The fraction of sp³-hybridized carbons (Fsp3) is 0.657. The van der Waals surface area contributed by atoms with Gasteiger partial charge in [-0.1, -0.05) is 26.2 Å². The summed E-state index contributed by atoms with van der Waals surface area (Å²) in [5, 5.41) is 50.1. The molecule has 342 valence electrons. The largest absolute Gasteiger partial charge is 0.460 e. The Balaban J connectivity index is -0.000000355. The third kappa shape index (κ3) is 47.6. The van der Waals surface area contributed by atoms with Gasteiger partial charge in [0.1, 0.15) is 13.2 Å². The van der Waals surface area contributed by atoms with Gasteiger partial charge < -0.3 is 54.3 Å². The topological polar surface area (TPSA) is 374 Å². The number of aliphatic hydroxyl groups is 6. The van der Waals surface area contributed by atoms with E-state index in [4.69, 9.17) is 49.4 Å². The first-order valence-corrected chi connectivity index (χ1v) is 19.4. The van der Waals surface area contributed by atoms with Gasteiger partial charge in [-0.2, -0.15) is 18.4 Å². The summed E-state index contributed by atoms with van der Waals surface area (Å²) in [5.74, 6) is -1.98. The number of nitrogens with zero attached hydrogens (tertiary/aromatic N) is 4. The quantitative estimate of drug-likeness (QED) is 0.0135. The minimum Gasteiger partial charge on any atom is -0.460 e. The minimum absolute atomic E-state index is 0.0413. The average molecular weight is 885 g/mol. The minimum atomic E-state index is -4.67. The summed E-state index contributed by atoms with van der Waals surface area (Å²) in [6, 6.07) is 2.64. The van der Waals surface area contributed by atoms with Crippen molar-refractivity contribution < 1.29 is 96.1 Å². The maximum Gasteiger partial charge on any atom is 0.338 e. The molecule has 0 atom stereocenters.